The molecule has 0 aliphatic carbocycles. The van der Waals surface area contributed by atoms with Crippen molar-refractivity contribution in [1.82, 2.24) is 10.2 Å². The van der Waals surface area contributed by atoms with Crippen molar-refractivity contribution in [2.45, 2.75) is 38.6 Å². The lowest BCUT2D eigenvalue weighted by Gasteiger charge is -2.34. The summed E-state index contributed by atoms with van der Waals surface area (Å²) in [4.78, 5) is 2.65. The van der Waals surface area contributed by atoms with Gasteiger partial charge in [-0.1, -0.05) is 6.92 Å². The van der Waals surface area contributed by atoms with Crippen LogP contribution in [0.1, 0.15) is 32.6 Å². The molecule has 1 heterocycles. The third kappa shape index (κ3) is 4.96. The standard InChI is InChI=1S/C12H26N2O/c1-3-9-14(10-4-11-15-2)12-5-7-13-8-6-12/h12-13H,3-11H2,1-2H3. The summed E-state index contributed by atoms with van der Waals surface area (Å²) in [5, 5.41) is 3.43. The maximum atomic E-state index is 5.12. The molecule has 0 bridgehead atoms. The third-order valence-electron chi connectivity index (χ3n) is 3.13. The number of piperidine rings is 1. The molecule has 1 aliphatic heterocycles. The van der Waals surface area contributed by atoms with Crippen molar-refractivity contribution in [2.75, 3.05) is 39.9 Å². The van der Waals surface area contributed by atoms with E-state index in [1.807, 2.05) is 0 Å². The first-order valence-corrected chi connectivity index (χ1v) is 6.32. The summed E-state index contributed by atoms with van der Waals surface area (Å²) in [5.74, 6) is 0. The average molecular weight is 214 g/mol. The fraction of sp³-hybridized carbons (Fsp3) is 1.00. The molecule has 90 valence electrons. The van der Waals surface area contributed by atoms with Crippen LogP contribution in [0.2, 0.25) is 0 Å². The molecular weight excluding hydrogens is 188 g/mol. The van der Waals surface area contributed by atoms with Gasteiger partial charge in [0.25, 0.3) is 0 Å². The van der Waals surface area contributed by atoms with Crippen molar-refractivity contribution in [2.24, 2.45) is 0 Å². The number of hydrogen-bond donors (Lipinski definition) is 1. The molecule has 0 aromatic rings. The molecule has 0 aromatic heterocycles. The van der Waals surface area contributed by atoms with Gasteiger partial charge < -0.3 is 15.0 Å². The van der Waals surface area contributed by atoms with Gasteiger partial charge in [0.15, 0.2) is 0 Å². The Balaban J connectivity index is 2.26. The third-order valence-corrected chi connectivity index (χ3v) is 3.13. The molecular formula is C12H26N2O. The Labute approximate surface area is 94.2 Å². The van der Waals surface area contributed by atoms with E-state index >= 15 is 0 Å². The fourth-order valence-corrected chi connectivity index (χ4v) is 2.35. The molecule has 1 rings (SSSR count). The number of methoxy groups -OCH3 is 1. The molecule has 0 saturated carbocycles. The van der Waals surface area contributed by atoms with Crippen LogP contribution >= 0.6 is 0 Å². The first kappa shape index (κ1) is 12.9. The summed E-state index contributed by atoms with van der Waals surface area (Å²) in [6, 6.07) is 0.808. The van der Waals surface area contributed by atoms with Crippen molar-refractivity contribution >= 4 is 0 Å². The second-order valence-electron chi connectivity index (χ2n) is 4.36. The summed E-state index contributed by atoms with van der Waals surface area (Å²) in [6.45, 7) is 7.99. The van der Waals surface area contributed by atoms with E-state index in [0.29, 0.717) is 0 Å². The Morgan fingerprint density at radius 3 is 2.60 bits per heavy atom. The zero-order valence-electron chi connectivity index (χ0n) is 10.3. The normalized spacial score (nSPS) is 18.6. The molecule has 0 atom stereocenters. The summed E-state index contributed by atoms with van der Waals surface area (Å²) < 4.78 is 5.12. The van der Waals surface area contributed by atoms with Gasteiger partial charge in [0.05, 0.1) is 0 Å². The Bertz CT molecular complexity index is 147. The van der Waals surface area contributed by atoms with Crippen molar-refractivity contribution in [3.8, 4) is 0 Å². The number of ether oxygens (including phenoxy) is 1. The Morgan fingerprint density at radius 1 is 1.27 bits per heavy atom. The van der Waals surface area contributed by atoms with Crippen LogP contribution in [0, 0.1) is 0 Å². The monoisotopic (exact) mass is 214 g/mol. The Morgan fingerprint density at radius 2 is 2.00 bits per heavy atom. The highest BCUT2D eigenvalue weighted by Gasteiger charge is 2.19. The van der Waals surface area contributed by atoms with E-state index in [2.05, 4.69) is 17.1 Å². The molecule has 1 fully saturated rings. The lowest BCUT2D eigenvalue weighted by Crippen LogP contribution is -2.44. The predicted octanol–water partition coefficient (Wildman–Crippen LogP) is 1.49. The second kappa shape index (κ2) is 8.08. The van der Waals surface area contributed by atoms with Gasteiger partial charge in [-0.05, 0) is 45.3 Å². The van der Waals surface area contributed by atoms with Crippen LogP contribution in [0.3, 0.4) is 0 Å². The van der Waals surface area contributed by atoms with Gasteiger partial charge in [0.1, 0.15) is 0 Å². The highest BCUT2D eigenvalue weighted by Crippen LogP contribution is 2.12. The van der Waals surface area contributed by atoms with Gasteiger partial charge in [0.2, 0.25) is 0 Å². The van der Waals surface area contributed by atoms with Crippen LogP contribution in [-0.4, -0.2) is 50.8 Å². The molecule has 0 unspecified atom stereocenters. The second-order valence-corrected chi connectivity index (χ2v) is 4.36. The van der Waals surface area contributed by atoms with Gasteiger partial charge in [0, 0.05) is 26.3 Å². The quantitative estimate of drug-likeness (QED) is 0.650. The van der Waals surface area contributed by atoms with Gasteiger partial charge in [-0.2, -0.15) is 0 Å². The largest absolute Gasteiger partial charge is 0.385 e. The smallest absolute Gasteiger partial charge is 0.0474 e. The molecule has 1 aliphatic rings. The summed E-state index contributed by atoms with van der Waals surface area (Å²) >= 11 is 0. The van der Waals surface area contributed by atoms with Crippen LogP contribution in [0.25, 0.3) is 0 Å². The molecule has 0 amide bonds. The van der Waals surface area contributed by atoms with Crippen molar-refractivity contribution < 1.29 is 4.74 Å². The Kier molecular flexibility index (Phi) is 6.98. The topological polar surface area (TPSA) is 24.5 Å². The maximum Gasteiger partial charge on any atom is 0.0474 e. The molecule has 3 heteroatoms. The summed E-state index contributed by atoms with van der Waals surface area (Å²) in [5.41, 5.74) is 0. The first-order chi connectivity index (χ1) is 7.38. The van der Waals surface area contributed by atoms with Crippen LogP contribution in [0.5, 0.6) is 0 Å². The van der Waals surface area contributed by atoms with E-state index in [1.165, 1.54) is 51.9 Å². The first-order valence-electron chi connectivity index (χ1n) is 6.32. The molecule has 0 radical (unpaired) electrons. The molecule has 0 aromatic carbocycles. The van der Waals surface area contributed by atoms with Crippen molar-refractivity contribution in [1.29, 1.82) is 0 Å². The van der Waals surface area contributed by atoms with Gasteiger partial charge >= 0.3 is 0 Å². The Hall–Kier alpha value is -0.120. The highest BCUT2D eigenvalue weighted by molar-refractivity contribution is 4.77. The van der Waals surface area contributed by atoms with Crippen molar-refractivity contribution in [3.05, 3.63) is 0 Å². The van der Waals surface area contributed by atoms with Crippen molar-refractivity contribution in [3.63, 3.8) is 0 Å². The van der Waals surface area contributed by atoms with E-state index in [-0.39, 0.29) is 0 Å². The summed E-state index contributed by atoms with van der Waals surface area (Å²) in [6.07, 6.45) is 5.05. The van der Waals surface area contributed by atoms with Gasteiger partial charge in [-0.3, -0.25) is 0 Å². The minimum Gasteiger partial charge on any atom is -0.385 e. The minimum atomic E-state index is 0.808. The number of nitrogens with one attached hydrogen (secondary N) is 1. The molecule has 15 heavy (non-hydrogen) atoms. The lowest BCUT2D eigenvalue weighted by atomic mass is 10.0. The van der Waals surface area contributed by atoms with Crippen LogP contribution in [-0.2, 0) is 4.74 Å². The average Bonchev–Trinajstić information content (AvgIpc) is 2.29. The molecule has 0 spiro atoms. The van der Waals surface area contributed by atoms with Crippen LogP contribution in [0.4, 0.5) is 0 Å². The van der Waals surface area contributed by atoms with Gasteiger partial charge in [-0.15, -0.1) is 0 Å². The van der Waals surface area contributed by atoms with E-state index in [9.17, 15) is 0 Å². The molecule has 1 saturated heterocycles. The van der Waals surface area contributed by atoms with Crippen LogP contribution < -0.4 is 5.32 Å². The van der Waals surface area contributed by atoms with E-state index in [4.69, 9.17) is 4.74 Å². The van der Waals surface area contributed by atoms with E-state index < -0.39 is 0 Å². The highest BCUT2D eigenvalue weighted by atomic mass is 16.5. The van der Waals surface area contributed by atoms with Crippen LogP contribution in [0.15, 0.2) is 0 Å². The summed E-state index contributed by atoms with van der Waals surface area (Å²) in [7, 11) is 1.79. The molecule has 1 N–H and O–H groups in total. The number of hydrogen-bond acceptors (Lipinski definition) is 3. The molecule has 3 nitrogen and oxygen atoms in total. The van der Waals surface area contributed by atoms with E-state index in [0.717, 1.165) is 12.6 Å². The van der Waals surface area contributed by atoms with Gasteiger partial charge in [-0.25, -0.2) is 0 Å². The fourth-order valence-electron chi connectivity index (χ4n) is 2.35. The lowest BCUT2D eigenvalue weighted by molar-refractivity contribution is 0.132. The zero-order chi connectivity index (χ0) is 10.9. The minimum absolute atomic E-state index is 0.808. The zero-order valence-corrected chi connectivity index (χ0v) is 10.3. The maximum absolute atomic E-state index is 5.12. The number of nitrogens with zero attached hydrogens (tertiary/aromatic N) is 1. The predicted molar refractivity (Wildman–Crippen MR) is 64.2 cm³/mol. The number of rotatable bonds is 7. The SMILES string of the molecule is CCCN(CCCOC)C1CCNCC1. The van der Waals surface area contributed by atoms with E-state index in [1.54, 1.807) is 7.11 Å².